The second-order valence-electron chi connectivity index (χ2n) is 5.12. The molecule has 0 bridgehead atoms. The van der Waals surface area contributed by atoms with E-state index in [0.29, 0.717) is 16.9 Å². The molecule has 7 heteroatoms. The summed E-state index contributed by atoms with van der Waals surface area (Å²) in [6.07, 6.45) is 2.64. The molecule has 0 atom stereocenters. The molecule has 0 saturated heterocycles. The Balaban J connectivity index is 0.000000954. The van der Waals surface area contributed by atoms with Crippen LogP contribution in [0.1, 0.15) is 56.0 Å². The zero-order valence-electron chi connectivity index (χ0n) is 13.7. The van der Waals surface area contributed by atoms with Crippen LogP contribution in [0.4, 0.5) is 13.9 Å². The zero-order valence-corrected chi connectivity index (χ0v) is 14.5. The molecule has 0 fully saturated rings. The van der Waals surface area contributed by atoms with Crippen LogP contribution in [0.3, 0.4) is 0 Å². The first-order valence-electron chi connectivity index (χ1n) is 7.37. The number of aromatic nitrogens is 2. The highest BCUT2D eigenvalue weighted by Crippen LogP contribution is 2.31. The molecule has 0 saturated carbocycles. The van der Waals surface area contributed by atoms with Gasteiger partial charge in [-0.25, -0.2) is 0 Å². The smallest absolute Gasteiger partial charge is 0.296 e. The Bertz CT molecular complexity index is 642. The first-order chi connectivity index (χ1) is 10.8. The molecule has 0 aliphatic heterocycles. The summed E-state index contributed by atoms with van der Waals surface area (Å²) < 4.78 is 26.0. The molecule has 0 aliphatic carbocycles. The number of amides is 1. The summed E-state index contributed by atoms with van der Waals surface area (Å²) in [5, 5.41) is 8.97. The molecule has 4 nitrogen and oxygen atoms in total. The molecule has 1 aromatic heterocycles. The van der Waals surface area contributed by atoms with Gasteiger partial charge in [0.15, 0.2) is 5.01 Å². The Labute approximate surface area is 140 Å². The number of nitrogens with one attached hydrogen (secondary N) is 1. The minimum absolute atomic E-state index is 0. The molecule has 1 heterocycles. The van der Waals surface area contributed by atoms with E-state index < -0.39 is 16.8 Å². The molecule has 1 N–H and O–H groups in total. The Morgan fingerprint density at radius 2 is 1.96 bits per heavy atom. The maximum atomic E-state index is 13.0. The molecular formula is C16H23F2N3OS. The summed E-state index contributed by atoms with van der Waals surface area (Å²) in [5.41, 5.74) is 1.38. The van der Waals surface area contributed by atoms with E-state index in [1.165, 1.54) is 12.8 Å². The maximum absolute atomic E-state index is 13.0. The standard InChI is InChI=1S/C12H11F2N3OS.C4H10.H2/c1-7-4-3-5-8(6-7)9(18)15-11-17-16-10(19-11)12(2,13)14;1-3-4-2;/h3-6H,1-2H3,(H,15,17,18);3-4H2,1-2H3;1H. The minimum Gasteiger partial charge on any atom is -0.296 e. The van der Waals surface area contributed by atoms with E-state index in [0.717, 1.165) is 12.5 Å². The van der Waals surface area contributed by atoms with E-state index in [1.807, 2.05) is 13.0 Å². The Hall–Kier alpha value is -1.89. The number of nitrogens with zero attached hydrogens (tertiary/aromatic N) is 2. The first-order valence-corrected chi connectivity index (χ1v) is 8.19. The summed E-state index contributed by atoms with van der Waals surface area (Å²) in [7, 11) is 0. The average Bonchev–Trinajstić information content (AvgIpc) is 2.96. The highest BCUT2D eigenvalue weighted by atomic mass is 32.1. The highest BCUT2D eigenvalue weighted by Gasteiger charge is 2.29. The third-order valence-electron chi connectivity index (χ3n) is 2.80. The predicted octanol–water partition coefficient (Wildman–Crippen LogP) is 5.26. The zero-order chi connectivity index (χ0) is 17.5. The van der Waals surface area contributed by atoms with Gasteiger partial charge in [-0.05, 0) is 19.1 Å². The van der Waals surface area contributed by atoms with Gasteiger partial charge < -0.3 is 0 Å². The van der Waals surface area contributed by atoms with Crippen molar-refractivity contribution in [1.82, 2.24) is 10.2 Å². The maximum Gasteiger partial charge on any atom is 0.298 e. The number of alkyl halides is 2. The molecule has 0 aliphatic rings. The Morgan fingerprint density at radius 3 is 2.43 bits per heavy atom. The van der Waals surface area contributed by atoms with Crippen molar-refractivity contribution in [2.45, 2.75) is 46.5 Å². The van der Waals surface area contributed by atoms with Crippen molar-refractivity contribution in [3.8, 4) is 0 Å². The number of anilines is 1. The molecular weight excluding hydrogens is 320 g/mol. The summed E-state index contributed by atoms with van der Waals surface area (Å²) >= 11 is 0.663. The summed E-state index contributed by atoms with van der Waals surface area (Å²) in [6.45, 7) is 6.96. The number of hydrogen-bond acceptors (Lipinski definition) is 4. The number of aryl methyl sites for hydroxylation is 1. The van der Waals surface area contributed by atoms with Gasteiger partial charge in [0.05, 0.1) is 0 Å². The number of carbonyl (C=O) groups excluding carboxylic acids is 1. The number of rotatable bonds is 4. The summed E-state index contributed by atoms with van der Waals surface area (Å²) in [6, 6.07) is 6.94. The average molecular weight is 343 g/mol. The van der Waals surface area contributed by atoms with Gasteiger partial charge in [0.25, 0.3) is 11.8 Å². The summed E-state index contributed by atoms with van der Waals surface area (Å²) in [4.78, 5) is 11.9. The lowest BCUT2D eigenvalue weighted by molar-refractivity contribution is 0.0165. The van der Waals surface area contributed by atoms with Gasteiger partial charge in [-0.2, -0.15) is 8.78 Å². The second kappa shape index (κ2) is 8.67. The molecule has 1 amide bonds. The highest BCUT2D eigenvalue weighted by molar-refractivity contribution is 7.15. The van der Waals surface area contributed by atoms with Crippen LogP contribution >= 0.6 is 11.3 Å². The molecule has 2 rings (SSSR count). The minimum atomic E-state index is -3.05. The first kappa shape index (κ1) is 19.2. The summed E-state index contributed by atoms with van der Waals surface area (Å²) in [5.74, 6) is -3.45. The Kier molecular flexibility index (Phi) is 7.22. The van der Waals surface area contributed by atoms with Crippen molar-refractivity contribution in [2.75, 3.05) is 5.32 Å². The van der Waals surface area contributed by atoms with Gasteiger partial charge in [-0.3, -0.25) is 10.1 Å². The van der Waals surface area contributed by atoms with Crippen LogP contribution in [0.15, 0.2) is 24.3 Å². The number of benzene rings is 1. The SMILES string of the molecule is CCCC.Cc1cccc(C(=O)Nc2nnc(C(C)(F)F)s2)c1.[HH]. The van der Waals surface area contributed by atoms with Crippen LogP contribution < -0.4 is 5.32 Å². The molecule has 128 valence electrons. The second-order valence-corrected chi connectivity index (χ2v) is 6.10. The lowest BCUT2D eigenvalue weighted by Gasteiger charge is -2.03. The van der Waals surface area contributed by atoms with Crippen LogP contribution in [0.5, 0.6) is 0 Å². The van der Waals surface area contributed by atoms with E-state index in [-0.39, 0.29) is 6.56 Å². The van der Waals surface area contributed by atoms with Gasteiger partial charge in [-0.15, -0.1) is 10.2 Å². The van der Waals surface area contributed by atoms with E-state index in [2.05, 4.69) is 29.4 Å². The molecule has 0 radical (unpaired) electrons. The van der Waals surface area contributed by atoms with Gasteiger partial charge in [-0.1, -0.05) is 55.7 Å². The fourth-order valence-electron chi connectivity index (χ4n) is 1.41. The van der Waals surface area contributed by atoms with Gasteiger partial charge in [0.1, 0.15) is 0 Å². The third kappa shape index (κ3) is 6.40. The van der Waals surface area contributed by atoms with Crippen molar-refractivity contribution in [2.24, 2.45) is 0 Å². The molecule has 23 heavy (non-hydrogen) atoms. The van der Waals surface area contributed by atoms with Crippen LogP contribution in [0.25, 0.3) is 0 Å². The monoisotopic (exact) mass is 343 g/mol. The van der Waals surface area contributed by atoms with E-state index in [1.54, 1.807) is 18.2 Å². The Morgan fingerprint density at radius 1 is 1.30 bits per heavy atom. The van der Waals surface area contributed by atoms with Gasteiger partial charge in [0, 0.05) is 13.9 Å². The van der Waals surface area contributed by atoms with Crippen molar-refractivity contribution in [3.63, 3.8) is 0 Å². The quantitative estimate of drug-likeness (QED) is 0.823. The largest absolute Gasteiger partial charge is 0.298 e. The van der Waals surface area contributed by atoms with Crippen LogP contribution in [0.2, 0.25) is 0 Å². The van der Waals surface area contributed by atoms with Crippen molar-refractivity contribution in [3.05, 3.63) is 40.4 Å². The number of carbonyl (C=O) groups is 1. The van der Waals surface area contributed by atoms with Gasteiger partial charge >= 0.3 is 0 Å². The van der Waals surface area contributed by atoms with Crippen LogP contribution in [-0.2, 0) is 5.92 Å². The topological polar surface area (TPSA) is 54.9 Å². The van der Waals surface area contributed by atoms with Crippen molar-refractivity contribution >= 4 is 22.4 Å². The number of halogens is 2. The fraction of sp³-hybridized carbons (Fsp3) is 0.438. The fourth-order valence-corrected chi connectivity index (χ4v) is 2.08. The third-order valence-corrected chi connectivity index (χ3v) is 3.81. The van der Waals surface area contributed by atoms with E-state index >= 15 is 0 Å². The van der Waals surface area contributed by atoms with Gasteiger partial charge in [0.2, 0.25) is 5.13 Å². The molecule has 1 aromatic carbocycles. The van der Waals surface area contributed by atoms with Crippen LogP contribution in [-0.4, -0.2) is 16.1 Å². The van der Waals surface area contributed by atoms with E-state index in [9.17, 15) is 13.6 Å². The van der Waals surface area contributed by atoms with Crippen LogP contribution in [0, 0.1) is 6.92 Å². The number of unbranched alkanes of at least 4 members (excludes halogenated alkanes) is 1. The van der Waals surface area contributed by atoms with Crippen molar-refractivity contribution < 1.29 is 15.0 Å². The molecule has 0 spiro atoms. The predicted molar refractivity (Wildman–Crippen MR) is 91.3 cm³/mol. The number of hydrogen-bond donors (Lipinski definition) is 1. The molecule has 0 unspecified atom stereocenters. The normalized spacial score (nSPS) is 10.7. The lowest BCUT2D eigenvalue weighted by atomic mass is 10.1. The van der Waals surface area contributed by atoms with Crippen molar-refractivity contribution in [1.29, 1.82) is 0 Å². The van der Waals surface area contributed by atoms with E-state index in [4.69, 9.17) is 0 Å². The lowest BCUT2D eigenvalue weighted by Crippen LogP contribution is -2.11. The molecule has 2 aromatic rings.